The van der Waals surface area contributed by atoms with E-state index in [4.69, 9.17) is 0 Å². The van der Waals surface area contributed by atoms with Crippen molar-refractivity contribution < 1.29 is 0 Å². The second kappa shape index (κ2) is 7.83. The maximum absolute atomic E-state index is 12.6. The van der Waals surface area contributed by atoms with Gasteiger partial charge in [0.1, 0.15) is 0 Å². The van der Waals surface area contributed by atoms with E-state index in [2.05, 4.69) is 46.3 Å². The molecule has 1 N–H and O–H groups in total. The van der Waals surface area contributed by atoms with Crippen molar-refractivity contribution >= 4 is 11.0 Å². The van der Waals surface area contributed by atoms with E-state index in [1.54, 1.807) is 0 Å². The third kappa shape index (κ3) is 3.33. The van der Waals surface area contributed by atoms with Crippen LogP contribution in [0.25, 0.3) is 11.0 Å². The van der Waals surface area contributed by atoms with E-state index in [-0.39, 0.29) is 17.3 Å². The molecule has 0 unspecified atom stereocenters. The number of nitrogens with zero attached hydrogens (tertiary/aromatic N) is 2. The van der Waals surface area contributed by atoms with Gasteiger partial charge in [0.25, 0.3) is 0 Å². The fourth-order valence-corrected chi connectivity index (χ4v) is 5.84. The third-order valence-electron chi connectivity index (χ3n) is 7.30. The molecule has 4 heteroatoms. The quantitative estimate of drug-likeness (QED) is 0.624. The number of hydrogen-bond acceptors (Lipinski definition) is 2. The zero-order chi connectivity index (χ0) is 19.7. The lowest BCUT2D eigenvalue weighted by atomic mass is 9.79. The Hall–Kier alpha value is -2.33. The molecule has 0 radical (unpaired) electrons. The highest BCUT2D eigenvalue weighted by molar-refractivity contribution is 5.75. The van der Waals surface area contributed by atoms with Gasteiger partial charge in [0, 0.05) is 24.7 Å². The Labute approximate surface area is 172 Å². The van der Waals surface area contributed by atoms with E-state index in [9.17, 15) is 4.79 Å². The van der Waals surface area contributed by atoms with Crippen LogP contribution in [0.4, 0.5) is 0 Å². The minimum absolute atomic E-state index is 0.0388. The smallest absolute Gasteiger partial charge is 0.306 e. The highest BCUT2D eigenvalue weighted by Crippen LogP contribution is 2.43. The normalized spacial score (nSPS) is 21.2. The zero-order valence-corrected chi connectivity index (χ0v) is 17.1. The van der Waals surface area contributed by atoms with Crippen molar-refractivity contribution in [2.45, 2.75) is 62.9 Å². The Morgan fingerprint density at radius 3 is 2.21 bits per heavy atom. The molecule has 1 aliphatic heterocycles. The molecule has 1 saturated heterocycles. The van der Waals surface area contributed by atoms with Crippen molar-refractivity contribution in [3.8, 4) is 0 Å². The Morgan fingerprint density at radius 2 is 1.48 bits per heavy atom. The van der Waals surface area contributed by atoms with Crippen LogP contribution in [-0.4, -0.2) is 27.5 Å². The predicted molar refractivity (Wildman–Crippen MR) is 118 cm³/mol. The molecule has 29 heavy (non-hydrogen) atoms. The summed E-state index contributed by atoms with van der Waals surface area (Å²) in [5.41, 5.74) is 3.70. The molecule has 3 aromatic rings. The minimum Gasteiger partial charge on any atom is -0.306 e. The minimum atomic E-state index is 0.0388. The van der Waals surface area contributed by atoms with Crippen molar-refractivity contribution in [2.24, 2.45) is 0 Å². The first kappa shape index (κ1) is 18.7. The summed E-state index contributed by atoms with van der Waals surface area (Å²) in [6, 6.07) is 19.5. The van der Waals surface area contributed by atoms with Gasteiger partial charge in [-0.1, -0.05) is 68.1 Å². The summed E-state index contributed by atoms with van der Waals surface area (Å²) in [6.45, 7) is 2.12. The lowest BCUT2D eigenvalue weighted by Crippen LogP contribution is -2.50. The predicted octanol–water partition coefficient (Wildman–Crippen LogP) is 5.22. The molecule has 2 fully saturated rings. The summed E-state index contributed by atoms with van der Waals surface area (Å²) in [5, 5.41) is 0. The van der Waals surface area contributed by atoms with E-state index in [1.807, 2.05) is 22.8 Å². The first-order valence-electron chi connectivity index (χ1n) is 11.3. The highest BCUT2D eigenvalue weighted by atomic mass is 16.1. The van der Waals surface area contributed by atoms with Gasteiger partial charge >= 0.3 is 5.69 Å². The summed E-state index contributed by atoms with van der Waals surface area (Å²) in [4.78, 5) is 18.4. The number of H-pyrrole nitrogens is 1. The molecule has 1 aromatic heterocycles. The number of aromatic nitrogens is 2. The SMILES string of the molecule is O=c1[nH]c2ccccc2n1C1CCN(C2(c3ccccc3)CCCCCC2)CC1. The summed E-state index contributed by atoms with van der Waals surface area (Å²) in [7, 11) is 0. The van der Waals surface area contributed by atoms with Gasteiger partial charge in [-0.2, -0.15) is 0 Å². The van der Waals surface area contributed by atoms with Crippen LogP contribution in [-0.2, 0) is 5.54 Å². The average molecular weight is 390 g/mol. The summed E-state index contributed by atoms with van der Waals surface area (Å²) in [6.07, 6.45) is 9.94. The second-order valence-electron chi connectivity index (χ2n) is 8.85. The van der Waals surface area contributed by atoms with Crippen LogP contribution in [0.1, 0.15) is 63.0 Å². The summed E-state index contributed by atoms with van der Waals surface area (Å²) in [5.74, 6) is 0. The number of piperidine rings is 1. The van der Waals surface area contributed by atoms with Gasteiger partial charge in [-0.15, -0.1) is 0 Å². The van der Waals surface area contributed by atoms with Gasteiger partial charge in [-0.05, 0) is 43.4 Å². The van der Waals surface area contributed by atoms with E-state index >= 15 is 0 Å². The van der Waals surface area contributed by atoms with E-state index < -0.39 is 0 Å². The van der Waals surface area contributed by atoms with Crippen molar-refractivity contribution in [3.05, 3.63) is 70.6 Å². The number of imidazole rings is 1. The number of fused-ring (bicyclic) bond motifs is 1. The number of aromatic amines is 1. The Morgan fingerprint density at radius 1 is 0.828 bits per heavy atom. The van der Waals surface area contributed by atoms with E-state index in [1.165, 1.54) is 44.1 Å². The van der Waals surface area contributed by atoms with Gasteiger partial charge in [-0.25, -0.2) is 4.79 Å². The maximum atomic E-state index is 12.6. The fourth-order valence-electron chi connectivity index (χ4n) is 5.84. The molecule has 0 amide bonds. The second-order valence-corrected chi connectivity index (χ2v) is 8.85. The Kier molecular flexibility index (Phi) is 5.04. The maximum Gasteiger partial charge on any atom is 0.326 e. The number of nitrogens with one attached hydrogen (secondary N) is 1. The van der Waals surface area contributed by atoms with Gasteiger partial charge in [0.05, 0.1) is 11.0 Å². The summed E-state index contributed by atoms with van der Waals surface area (Å²) < 4.78 is 2.01. The topological polar surface area (TPSA) is 41.0 Å². The lowest BCUT2D eigenvalue weighted by molar-refractivity contribution is 0.0356. The van der Waals surface area contributed by atoms with Crippen LogP contribution in [0.3, 0.4) is 0 Å². The molecular weight excluding hydrogens is 358 g/mol. The van der Waals surface area contributed by atoms with Crippen molar-refractivity contribution in [2.75, 3.05) is 13.1 Å². The van der Waals surface area contributed by atoms with Gasteiger partial charge in [-0.3, -0.25) is 9.47 Å². The molecule has 1 aliphatic carbocycles. The Bertz CT molecular complexity index is 1000. The van der Waals surface area contributed by atoms with Crippen LogP contribution in [0.15, 0.2) is 59.4 Å². The van der Waals surface area contributed by atoms with Crippen LogP contribution < -0.4 is 5.69 Å². The Balaban J connectivity index is 1.42. The highest BCUT2D eigenvalue weighted by Gasteiger charge is 2.40. The molecule has 0 atom stereocenters. The number of rotatable bonds is 3. The van der Waals surface area contributed by atoms with Crippen molar-refractivity contribution in [3.63, 3.8) is 0 Å². The fraction of sp³-hybridized carbons (Fsp3) is 0.480. The molecule has 0 bridgehead atoms. The van der Waals surface area contributed by atoms with Gasteiger partial charge < -0.3 is 4.98 Å². The molecule has 2 heterocycles. The number of benzene rings is 2. The standard InChI is InChI=1S/C25H31N3O/c29-24-26-22-12-6-7-13-23(22)28(24)21-14-18-27(19-15-21)25(16-8-1-2-9-17-25)20-10-4-3-5-11-20/h3-7,10-13,21H,1-2,8-9,14-19H2,(H,26,29). The van der Waals surface area contributed by atoms with Gasteiger partial charge in [0.2, 0.25) is 0 Å². The molecule has 5 rings (SSSR count). The first-order chi connectivity index (χ1) is 14.3. The first-order valence-corrected chi connectivity index (χ1v) is 11.3. The van der Waals surface area contributed by atoms with Crippen LogP contribution in [0.5, 0.6) is 0 Å². The lowest BCUT2D eigenvalue weighted by Gasteiger charge is -2.47. The van der Waals surface area contributed by atoms with Crippen molar-refractivity contribution in [1.29, 1.82) is 0 Å². The van der Waals surface area contributed by atoms with Crippen LogP contribution in [0, 0.1) is 0 Å². The van der Waals surface area contributed by atoms with Crippen molar-refractivity contribution in [1.82, 2.24) is 14.5 Å². The third-order valence-corrected chi connectivity index (χ3v) is 7.30. The monoisotopic (exact) mass is 389 g/mol. The molecule has 2 aliphatic rings. The molecule has 2 aromatic carbocycles. The number of para-hydroxylation sites is 2. The molecular formula is C25H31N3O. The molecule has 4 nitrogen and oxygen atoms in total. The zero-order valence-electron chi connectivity index (χ0n) is 17.1. The number of hydrogen-bond donors (Lipinski definition) is 1. The molecule has 1 saturated carbocycles. The van der Waals surface area contributed by atoms with E-state index in [0.717, 1.165) is 37.0 Å². The molecule has 152 valence electrons. The summed E-state index contributed by atoms with van der Waals surface area (Å²) >= 11 is 0. The largest absolute Gasteiger partial charge is 0.326 e. The van der Waals surface area contributed by atoms with Gasteiger partial charge in [0.15, 0.2) is 0 Å². The van der Waals surface area contributed by atoms with Crippen LogP contribution in [0.2, 0.25) is 0 Å². The number of likely N-dealkylation sites (tertiary alicyclic amines) is 1. The molecule has 0 spiro atoms. The van der Waals surface area contributed by atoms with Crippen LogP contribution >= 0.6 is 0 Å². The average Bonchev–Trinajstić information content (AvgIpc) is 2.93. The van der Waals surface area contributed by atoms with E-state index in [0.29, 0.717) is 0 Å².